The Hall–Kier alpha value is -1.66. The number of fused-ring (bicyclic) bond motifs is 1. The lowest BCUT2D eigenvalue weighted by atomic mass is 10.0. The molecule has 6 heteroatoms. The lowest BCUT2D eigenvalue weighted by molar-refractivity contribution is -0.0516. The maximum Gasteiger partial charge on any atom is 0.255 e. The third-order valence-corrected chi connectivity index (χ3v) is 5.86. The molecule has 1 aromatic rings. The first kappa shape index (κ1) is 16.8. The van der Waals surface area contributed by atoms with Crippen LogP contribution < -0.4 is 4.74 Å². The predicted molar refractivity (Wildman–Crippen MR) is 93.8 cm³/mol. The largest absolute Gasteiger partial charge is 0.481 e. The number of methoxy groups -OCH3 is 1. The number of carbonyl (C=O) groups is 1. The minimum atomic E-state index is 0.0361. The summed E-state index contributed by atoms with van der Waals surface area (Å²) >= 11 is 0. The van der Waals surface area contributed by atoms with E-state index in [0.717, 1.165) is 32.2 Å². The molecule has 2 atom stereocenters. The number of aromatic nitrogens is 1. The van der Waals surface area contributed by atoms with Crippen LogP contribution in [0.15, 0.2) is 18.3 Å². The Morgan fingerprint density at radius 1 is 1.32 bits per heavy atom. The van der Waals surface area contributed by atoms with Crippen LogP contribution in [-0.2, 0) is 4.74 Å². The molecule has 136 valence electrons. The predicted octanol–water partition coefficient (Wildman–Crippen LogP) is 1.81. The highest BCUT2D eigenvalue weighted by atomic mass is 16.5. The molecule has 3 heterocycles. The van der Waals surface area contributed by atoms with Gasteiger partial charge in [-0.3, -0.25) is 9.69 Å². The zero-order chi connectivity index (χ0) is 17.2. The van der Waals surface area contributed by atoms with Crippen LogP contribution in [0.25, 0.3) is 0 Å². The quantitative estimate of drug-likeness (QED) is 0.833. The van der Waals surface area contributed by atoms with E-state index in [4.69, 9.17) is 9.47 Å². The summed E-state index contributed by atoms with van der Waals surface area (Å²) in [5.74, 6) is 1.39. The Kier molecular flexibility index (Phi) is 4.90. The molecular weight excluding hydrogens is 318 g/mol. The van der Waals surface area contributed by atoms with Crippen LogP contribution in [-0.4, -0.2) is 72.7 Å². The lowest BCUT2D eigenvalue weighted by Gasteiger charge is -2.38. The van der Waals surface area contributed by atoms with Gasteiger partial charge in [0.25, 0.3) is 5.91 Å². The standard InChI is InChI=1S/C19H27N3O3/c1-24-18-7-6-15(10-20-18)19(23)22-12-16-17(13-22)25-9-8-21(16)11-14-4-2-3-5-14/h6-7,10,14,16-17H,2-5,8-9,11-13H2,1H3/t16-,17-/m0/s1. The van der Waals surface area contributed by atoms with E-state index >= 15 is 0 Å². The van der Waals surface area contributed by atoms with Crippen molar-refractivity contribution in [2.45, 2.75) is 37.8 Å². The Morgan fingerprint density at radius 3 is 2.88 bits per heavy atom. The van der Waals surface area contributed by atoms with Crippen molar-refractivity contribution in [3.8, 4) is 5.88 Å². The van der Waals surface area contributed by atoms with E-state index in [0.29, 0.717) is 24.0 Å². The number of likely N-dealkylation sites (tertiary alicyclic amines) is 1. The summed E-state index contributed by atoms with van der Waals surface area (Å²) in [5, 5.41) is 0. The van der Waals surface area contributed by atoms with Crippen molar-refractivity contribution in [1.82, 2.24) is 14.8 Å². The molecule has 1 aliphatic carbocycles. The topological polar surface area (TPSA) is 54.9 Å². The maximum atomic E-state index is 12.8. The molecule has 1 saturated carbocycles. The van der Waals surface area contributed by atoms with E-state index in [1.807, 2.05) is 4.90 Å². The van der Waals surface area contributed by atoms with E-state index in [1.165, 1.54) is 25.7 Å². The monoisotopic (exact) mass is 345 g/mol. The molecule has 0 spiro atoms. The molecule has 0 aromatic carbocycles. The van der Waals surface area contributed by atoms with Crippen molar-refractivity contribution in [2.75, 3.05) is 39.9 Å². The summed E-state index contributed by atoms with van der Waals surface area (Å²) in [6.45, 7) is 4.36. The van der Waals surface area contributed by atoms with Crippen LogP contribution in [0.2, 0.25) is 0 Å². The molecule has 0 radical (unpaired) electrons. The SMILES string of the molecule is COc1ccc(C(=O)N2C[C@@H]3OCCN(CC4CCCC4)[C@H]3C2)cn1. The highest BCUT2D eigenvalue weighted by molar-refractivity contribution is 5.94. The highest BCUT2D eigenvalue weighted by Crippen LogP contribution is 2.30. The number of hydrogen-bond donors (Lipinski definition) is 0. The van der Waals surface area contributed by atoms with E-state index in [1.54, 1.807) is 25.4 Å². The first-order valence-electron chi connectivity index (χ1n) is 9.39. The summed E-state index contributed by atoms with van der Waals surface area (Å²) in [6, 6.07) is 3.86. The van der Waals surface area contributed by atoms with Gasteiger partial charge in [-0.1, -0.05) is 12.8 Å². The minimum absolute atomic E-state index is 0.0361. The van der Waals surface area contributed by atoms with Gasteiger partial charge in [0.1, 0.15) is 0 Å². The van der Waals surface area contributed by atoms with E-state index < -0.39 is 0 Å². The molecule has 2 saturated heterocycles. The summed E-state index contributed by atoms with van der Waals surface area (Å²) in [7, 11) is 1.57. The first-order chi connectivity index (χ1) is 12.2. The molecular formula is C19H27N3O3. The molecule has 25 heavy (non-hydrogen) atoms. The van der Waals surface area contributed by atoms with Gasteiger partial charge < -0.3 is 14.4 Å². The number of nitrogens with zero attached hydrogens (tertiary/aromatic N) is 3. The van der Waals surface area contributed by atoms with E-state index in [9.17, 15) is 4.79 Å². The maximum absolute atomic E-state index is 12.8. The Labute approximate surface area is 149 Å². The molecule has 1 aromatic heterocycles. The number of carbonyl (C=O) groups excluding carboxylic acids is 1. The van der Waals surface area contributed by atoms with Crippen molar-refractivity contribution < 1.29 is 14.3 Å². The zero-order valence-corrected chi connectivity index (χ0v) is 14.9. The van der Waals surface area contributed by atoms with Gasteiger partial charge in [-0.2, -0.15) is 0 Å². The number of ether oxygens (including phenoxy) is 2. The van der Waals surface area contributed by atoms with Gasteiger partial charge in [0.2, 0.25) is 5.88 Å². The molecule has 3 fully saturated rings. The van der Waals surface area contributed by atoms with Crippen molar-refractivity contribution in [3.63, 3.8) is 0 Å². The molecule has 0 unspecified atom stereocenters. The van der Waals surface area contributed by atoms with Crippen molar-refractivity contribution >= 4 is 5.91 Å². The van der Waals surface area contributed by atoms with Crippen molar-refractivity contribution in [1.29, 1.82) is 0 Å². The number of morpholine rings is 1. The second-order valence-corrected chi connectivity index (χ2v) is 7.42. The van der Waals surface area contributed by atoms with Crippen LogP contribution in [0.1, 0.15) is 36.0 Å². The van der Waals surface area contributed by atoms with Gasteiger partial charge in [-0.05, 0) is 24.8 Å². The number of rotatable bonds is 4. The summed E-state index contributed by atoms with van der Waals surface area (Å²) in [5.41, 5.74) is 0.613. The van der Waals surface area contributed by atoms with Gasteiger partial charge >= 0.3 is 0 Å². The molecule has 4 rings (SSSR count). The van der Waals surface area contributed by atoms with Gasteiger partial charge in [0.05, 0.1) is 31.4 Å². The van der Waals surface area contributed by atoms with Gasteiger partial charge in [0, 0.05) is 38.4 Å². The first-order valence-corrected chi connectivity index (χ1v) is 9.39. The average molecular weight is 345 g/mol. The number of hydrogen-bond acceptors (Lipinski definition) is 5. The third kappa shape index (κ3) is 3.51. The fourth-order valence-corrected chi connectivity index (χ4v) is 4.49. The molecule has 0 bridgehead atoms. The highest BCUT2D eigenvalue weighted by Gasteiger charge is 2.42. The fraction of sp³-hybridized carbons (Fsp3) is 0.684. The summed E-state index contributed by atoms with van der Waals surface area (Å²) in [6.07, 6.45) is 7.20. The number of pyridine rings is 1. The zero-order valence-electron chi connectivity index (χ0n) is 14.9. The van der Waals surface area contributed by atoms with Crippen molar-refractivity contribution in [3.05, 3.63) is 23.9 Å². The van der Waals surface area contributed by atoms with Gasteiger partial charge in [-0.15, -0.1) is 0 Å². The third-order valence-electron chi connectivity index (χ3n) is 5.86. The van der Waals surface area contributed by atoms with Crippen LogP contribution >= 0.6 is 0 Å². The van der Waals surface area contributed by atoms with Crippen LogP contribution in [0, 0.1) is 5.92 Å². The van der Waals surface area contributed by atoms with Gasteiger partial charge in [-0.25, -0.2) is 4.98 Å². The Balaban J connectivity index is 1.41. The summed E-state index contributed by atoms with van der Waals surface area (Å²) < 4.78 is 11.0. The van der Waals surface area contributed by atoms with Crippen LogP contribution in [0.3, 0.4) is 0 Å². The smallest absolute Gasteiger partial charge is 0.255 e. The number of amides is 1. The molecule has 6 nitrogen and oxygen atoms in total. The van der Waals surface area contributed by atoms with Crippen molar-refractivity contribution in [2.24, 2.45) is 5.92 Å². The lowest BCUT2D eigenvalue weighted by Crippen LogP contribution is -2.52. The van der Waals surface area contributed by atoms with Crippen LogP contribution in [0.5, 0.6) is 5.88 Å². The van der Waals surface area contributed by atoms with Gasteiger partial charge in [0.15, 0.2) is 0 Å². The molecule has 3 aliphatic rings. The Bertz CT molecular complexity index is 600. The van der Waals surface area contributed by atoms with E-state index in [-0.39, 0.29) is 12.0 Å². The normalized spacial score (nSPS) is 27.5. The second-order valence-electron chi connectivity index (χ2n) is 7.42. The molecule has 2 aliphatic heterocycles. The average Bonchev–Trinajstić information content (AvgIpc) is 3.31. The fourth-order valence-electron chi connectivity index (χ4n) is 4.49. The van der Waals surface area contributed by atoms with Crippen LogP contribution in [0.4, 0.5) is 0 Å². The molecule has 0 N–H and O–H groups in total. The summed E-state index contributed by atoms with van der Waals surface area (Å²) in [4.78, 5) is 21.5. The molecule has 1 amide bonds. The second kappa shape index (κ2) is 7.30. The van der Waals surface area contributed by atoms with E-state index in [2.05, 4.69) is 9.88 Å². The minimum Gasteiger partial charge on any atom is -0.481 e. The Morgan fingerprint density at radius 2 is 2.16 bits per heavy atom.